The van der Waals surface area contributed by atoms with Crippen molar-refractivity contribution in [1.29, 1.82) is 0 Å². The van der Waals surface area contributed by atoms with E-state index in [9.17, 15) is 9.90 Å². The highest BCUT2D eigenvalue weighted by molar-refractivity contribution is 6.74. The second-order valence-corrected chi connectivity index (χ2v) is 32.0. The number of unbranched alkanes of at least 4 members (excludes halogenated alkanes) is 2. The zero-order chi connectivity index (χ0) is 52.0. The Hall–Kier alpha value is -5.47. The predicted octanol–water partition coefficient (Wildman–Crippen LogP) is 11.0. The molecule has 2 aromatic heterocycles. The van der Waals surface area contributed by atoms with Crippen LogP contribution in [0, 0.1) is 0 Å². The molecule has 72 heavy (non-hydrogen) atoms. The van der Waals surface area contributed by atoms with Crippen molar-refractivity contribution in [3.05, 3.63) is 102 Å². The number of alkyl carbamates (subject to hydrolysis) is 1. The summed E-state index contributed by atoms with van der Waals surface area (Å²) in [5.74, 6) is -0.104. The number of benzene rings is 3. The van der Waals surface area contributed by atoms with E-state index in [2.05, 4.69) is 126 Å². The number of nitrogens with zero attached hydrogens (tertiary/aromatic N) is 6. The van der Waals surface area contributed by atoms with Gasteiger partial charge in [-0.3, -0.25) is 9.36 Å². The van der Waals surface area contributed by atoms with Crippen LogP contribution >= 0.6 is 0 Å². The van der Waals surface area contributed by atoms with Crippen molar-refractivity contribution in [3.63, 3.8) is 0 Å². The summed E-state index contributed by atoms with van der Waals surface area (Å²) in [5.41, 5.74) is 6.13. The molecule has 1 aliphatic carbocycles. The van der Waals surface area contributed by atoms with Gasteiger partial charge in [0.2, 0.25) is 5.91 Å². The van der Waals surface area contributed by atoms with E-state index in [-0.39, 0.29) is 41.4 Å². The van der Waals surface area contributed by atoms with Crippen LogP contribution in [0.5, 0.6) is 5.75 Å². The van der Waals surface area contributed by atoms with Gasteiger partial charge in [0.05, 0.1) is 25.3 Å². The number of aromatic nitrogens is 4. The Kier molecular flexibility index (Phi) is 17.2. The van der Waals surface area contributed by atoms with Gasteiger partial charge in [-0.05, 0) is 89.1 Å². The van der Waals surface area contributed by atoms with Gasteiger partial charge in [0.25, 0.3) is 0 Å². The molecule has 17 heteroatoms. The molecule has 7 rings (SSSR count). The third-order valence-electron chi connectivity index (χ3n) is 15.2. The molecule has 388 valence electrons. The van der Waals surface area contributed by atoms with Crippen LogP contribution in [0.1, 0.15) is 110 Å². The van der Waals surface area contributed by atoms with E-state index in [0.717, 1.165) is 66.6 Å². The highest BCUT2D eigenvalue weighted by Gasteiger charge is 2.53. The van der Waals surface area contributed by atoms with Crippen molar-refractivity contribution in [2.24, 2.45) is 4.99 Å². The van der Waals surface area contributed by atoms with E-state index in [4.69, 9.17) is 33.3 Å². The molecular weight excluding hydrogens is 941 g/mol. The molecule has 0 unspecified atom stereocenters. The molecule has 15 nitrogen and oxygen atoms in total. The fourth-order valence-electron chi connectivity index (χ4n) is 8.76. The number of imidazole rings is 1. The second-order valence-electron chi connectivity index (χ2n) is 22.4. The van der Waals surface area contributed by atoms with Crippen LogP contribution < -0.4 is 10.6 Å². The molecule has 1 saturated heterocycles. The van der Waals surface area contributed by atoms with Gasteiger partial charge in [-0.15, -0.1) is 0 Å². The Morgan fingerprint density at radius 2 is 1.46 bits per heavy atom. The smallest absolute Gasteiger partial charge is 0.407 e. The first-order valence-electron chi connectivity index (χ1n) is 25.7. The molecule has 3 aromatic carbocycles. The summed E-state index contributed by atoms with van der Waals surface area (Å²) in [6.07, 6.45) is 6.42. The molecule has 5 aromatic rings. The fourth-order valence-corrected chi connectivity index (χ4v) is 11.1. The number of hydrogen-bond acceptors (Lipinski definition) is 11. The lowest BCUT2D eigenvalue weighted by Gasteiger charge is -2.41. The summed E-state index contributed by atoms with van der Waals surface area (Å²) in [4.78, 5) is 50.5. The summed E-state index contributed by atoms with van der Waals surface area (Å²) in [7, 11) is -4.99. The molecular formula is C55H78N8O7Si2. The summed E-state index contributed by atoms with van der Waals surface area (Å²) < 4.78 is 29.3. The standard InChI is InChI=1S/C55H78N8O7Si2/c1-13-15-29-62(30-16-14-2)35-59-49-47-50(57-34-56-49)63(36-58-47)52-48(70-72(11,12)55(6,7)8)46(45(69-52)33-68-71(9,10)54(3,4)5)61-51(65)44(31-37-25-27-38(64)28-26-37)60-53(66)67-32-43-41-23-19-17-21-39(41)40-22-18-20-24-42(40)43/h17-28,34-36,43-46,48,52,64H,13-16,29-33H2,1-12H3,(H,60,66)(H,61,65)/b59-35+/t44-,45+,46+,48+,52+/m0/s1. The summed E-state index contributed by atoms with van der Waals surface area (Å²) >= 11 is 0. The van der Waals surface area contributed by atoms with Crippen molar-refractivity contribution < 1.29 is 33.0 Å². The Balaban J connectivity index is 1.23. The number of aliphatic imine (C=N–C) groups is 1. The average molecular weight is 1020 g/mol. The molecule has 5 atom stereocenters. The van der Waals surface area contributed by atoms with E-state index >= 15 is 4.79 Å². The number of fused-ring (bicyclic) bond motifs is 4. The number of carbonyl (C=O) groups excluding carboxylic acids is 2. The van der Waals surface area contributed by atoms with Gasteiger partial charge < -0.3 is 39.0 Å². The van der Waals surface area contributed by atoms with Gasteiger partial charge in [-0.25, -0.2) is 24.7 Å². The van der Waals surface area contributed by atoms with Crippen LogP contribution in [0.4, 0.5) is 10.6 Å². The minimum atomic E-state index is -2.63. The molecule has 2 amide bonds. The Labute approximate surface area is 428 Å². The number of rotatable bonds is 21. The molecule has 3 N–H and O–H groups in total. The SMILES string of the molecule is CCCCN(/C=N/c1ncnc2c1ncn2[C@@H]1O[C@H](CO[Si](C)(C)C(C)(C)C)[C@@H](NC(=O)[C@H](Cc2ccc(O)cc2)NC(=O)OCC2c3ccccc3-c3ccccc32)[C@H]1O[Si](C)(C)C(C)(C)C)CCCC. The first-order chi connectivity index (χ1) is 34.1. The minimum Gasteiger partial charge on any atom is -0.508 e. The van der Waals surface area contributed by atoms with E-state index in [1.807, 2.05) is 35.2 Å². The van der Waals surface area contributed by atoms with Crippen LogP contribution in [0.3, 0.4) is 0 Å². The number of hydrogen-bond donors (Lipinski definition) is 3. The molecule has 0 spiro atoms. The maximum Gasteiger partial charge on any atom is 0.407 e. The molecule has 1 aliphatic heterocycles. The third kappa shape index (κ3) is 12.5. The number of ether oxygens (including phenoxy) is 2. The normalized spacial score (nSPS) is 18.8. The molecule has 0 radical (unpaired) electrons. The van der Waals surface area contributed by atoms with Crippen molar-refractivity contribution >= 4 is 52.0 Å². The largest absolute Gasteiger partial charge is 0.508 e. The Morgan fingerprint density at radius 3 is 2.06 bits per heavy atom. The van der Waals surface area contributed by atoms with Gasteiger partial charge in [-0.1, -0.05) is 129 Å². The van der Waals surface area contributed by atoms with E-state index in [1.165, 1.54) is 6.33 Å². The number of phenols is 1. The van der Waals surface area contributed by atoms with E-state index < -0.39 is 59.2 Å². The van der Waals surface area contributed by atoms with Crippen LogP contribution in [0.25, 0.3) is 22.3 Å². The number of carbonyl (C=O) groups is 2. The van der Waals surface area contributed by atoms with E-state index in [1.54, 1.807) is 30.6 Å². The zero-order valence-corrected chi connectivity index (χ0v) is 46.6. The number of amides is 2. The lowest BCUT2D eigenvalue weighted by Crippen LogP contribution is -2.58. The lowest BCUT2D eigenvalue weighted by atomic mass is 9.98. The highest BCUT2D eigenvalue weighted by atomic mass is 28.4. The van der Waals surface area contributed by atoms with Gasteiger partial charge in [-0.2, -0.15) is 0 Å². The molecule has 0 saturated carbocycles. The monoisotopic (exact) mass is 1020 g/mol. The maximum absolute atomic E-state index is 15.2. The minimum absolute atomic E-state index is 0.0757. The maximum atomic E-state index is 15.2. The van der Waals surface area contributed by atoms with Crippen molar-refractivity contribution in [2.75, 3.05) is 26.3 Å². The van der Waals surface area contributed by atoms with Crippen molar-refractivity contribution in [2.45, 2.75) is 160 Å². The van der Waals surface area contributed by atoms with Crippen LogP contribution in [-0.2, 0) is 29.5 Å². The molecule has 1 fully saturated rings. The molecule has 3 heterocycles. The van der Waals surface area contributed by atoms with Gasteiger partial charge >= 0.3 is 6.09 Å². The molecule has 2 aliphatic rings. The van der Waals surface area contributed by atoms with Gasteiger partial charge in [0.1, 0.15) is 36.9 Å². The lowest BCUT2D eigenvalue weighted by molar-refractivity contribution is -0.124. The van der Waals surface area contributed by atoms with Crippen LogP contribution in [-0.4, -0.2) is 115 Å². The summed E-state index contributed by atoms with van der Waals surface area (Å²) in [6, 6.07) is 21.0. The number of aromatic hydroxyl groups is 1. The Morgan fingerprint density at radius 1 is 0.847 bits per heavy atom. The molecule has 0 bridgehead atoms. The number of phenolic OH excluding ortho intramolecular Hbond substituents is 1. The predicted molar refractivity (Wildman–Crippen MR) is 290 cm³/mol. The highest BCUT2D eigenvalue weighted by Crippen LogP contribution is 2.46. The Bertz CT molecular complexity index is 2610. The topological polar surface area (TPSA) is 175 Å². The number of nitrogens with one attached hydrogen (secondary N) is 2. The van der Waals surface area contributed by atoms with Gasteiger partial charge in [0, 0.05) is 25.4 Å². The third-order valence-corrected chi connectivity index (χ3v) is 24.2. The average Bonchev–Trinajstić information content (AvgIpc) is 4.01. The quantitative estimate of drug-likeness (QED) is 0.0362. The van der Waals surface area contributed by atoms with Gasteiger partial charge in [0.15, 0.2) is 39.8 Å². The van der Waals surface area contributed by atoms with Crippen molar-refractivity contribution in [3.8, 4) is 16.9 Å². The van der Waals surface area contributed by atoms with Crippen LogP contribution in [0.2, 0.25) is 36.3 Å². The van der Waals surface area contributed by atoms with E-state index in [0.29, 0.717) is 17.0 Å². The first kappa shape index (κ1) is 54.3. The first-order valence-corrected chi connectivity index (χ1v) is 31.6. The van der Waals surface area contributed by atoms with Crippen molar-refractivity contribution in [1.82, 2.24) is 35.1 Å². The summed E-state index contributed by atoms with van der Waals surface area (Å²) in [5, 5.41) is 16.1. The summed E-state index contributed by atoms with van der Waals surface area (Å²) in [6.45, 7) is 28.2. The zero-order valence-electron chi connectivity index (χ0n) is 44.6. The second kappa shape index (κ2) is 22.7. The fraction of sp³-hybridized carbons (Fsp3) is 0.527. The van der Waals surface area contributed by atoms with Crippen LogP contribution in [0.15, 0.2) is 90.4 Å².